The molecule has 7 heteroatoms. The predicted octanol–water partition coefficient (Wildman–Crippen LogP) is 14.4. The first-order chi connectivity index (χ1) is 29.8. The third-order valence-corrected chi connectivity index (χ3v) is 16.1. The number of nitrogens with zero attached hydrogens (tertiary/aromatic N) is 4. The fourth-order valence-electron chi connectivity index (χ4n) is 8.78. The van der Waals surface area contributed by atoms with Gasteiger partial charge in [0.15, 0.2) is 0 Å². The van der Waals surface area contributed by atoms with Gasteiger partial charge in [-0.3, -0.25) is 9.97 Å². The number of hydrogen-bond acceptors (Lipinski definition) is 4. The summed E-state index contributed by atoms with van der Waals surface area (Å²) in [6.45, 7) is 16.5. The molecule has 0 spiro atoms. The first-order valence-electron chi connectivity index (χ1n) is 22.1. The number of pyridine rings is 2. The van der Waals surface area contributed by atoms with Crippen molar-refractivity contribution in [3.63, 3.8) is 0 Å². The Balaban J connectivity index is 0.000000239. The Labute approximate surface area is 390 Å². The summed E-state index contributed by atoms with van der Waals surface area (Å²) < 4.78 is 10.3. The quantitative estimate of drug-likeness (QED) is 0.101. The normalized spacial score (nSPS) is 11.8. The van der Waals surface area contributed by atoms with E-state index in [4.69, 9.17) is 19.4 Å². The number of benzene rings is 5. The van der Waals surface area contributed by atoms with E-state index in [9.17, 15) is 0 Å². The van der Waals surface area contributed by atoms with Crippen LogP contribution in [0.15, 0.2) is 132 Å². The van der Waals surface area contributed by atoms with Crippen molar-refractivity contribution in [1.29, 1.82) is 0 Å². The Morgan fingerprint density at radius 2 is 1.43 bits per heavy atom. The van der Waals surface area contributed by atoms with Crippen molar-refractivity contribution in [2.45, 2.75) is 90.5 Å². The molecule has 4 heterocycles. The second kappa shape index (κ2) is 19.3. The number of aromatic nitrogens is 4. The molecule has 0 aliphatic heterocycles. The molecule has 9 aromatic rings. The zero-order valence-corrected chi connectivity index (χ0v) is 42.8. The average molecular weight is 1070 g/mol. The van der Waals surface area contributed by atoms with E-state index in [-0.39, 0.29) is 20.1 Å². The van der Waals surface area contributed by atoms with Crippen molar-refractivity contribution in [2.75, 3.05) is 0 Å². The van der Waals surface area contributed by atoms with Crippen LogP contribution in [-0.2, 0) is 33.1 Å². The number of furan rings is 1. The van der Waals surface area contributed by atoms with E-state index in [1.165, 1.54) is 33.4 Å². The summed E-state index contributed by atoms with van der Waals surface area (Å²) in [6.07, 6.45) is 5.03. The van der Waals surface area contributed by atoms with E-state index in [1.54, 1.807) is 10.6 Å². The fraction of sp³-hybridized carbons (Fsp3) is 0.268. The molecular formula is C56H58GeIrN4O-2. The summed E-state index contributed by atoms with van der Waals surface area (Å²) in [5.41, 5.74) is 16.7. The first-order valence-corrected chi connectivity index (χ1v) is 29.5. The first kappa shape index (κ1) is 45.9. The van der Waals surface area contributed by atoms with Gasteiger partial charge >= 0.3 is 126 Å². The fourth-order valence-corrected chi connectivity index (χ4v) is 12.1. The van der Waals surface area contributed by atoms with Crippen LogP contribution in [-0.4, -0.2) is 32.8 Å². The van der Waals surface area contributed by atoms with E-state index in [0.29, 0.717) is 24.3 Å². The van der Waals surface area contributed by atoms with Gasteiger partial charge in [0.2, 0.25) is 0 Å². The largest absolute Gasteiger partial charge is 0.513 e. The van der Waals surface area contributed by atoms with E-state index in [0.717, 1.165) is 67.7 Å². The Hall–Kier alpha value is -5.14. The molecule has 1 radical (unpaired) electrons. The van der Waals surface area contributed by atoms with Crippen LogP contribution in [0.25, 0.3) is 66.9 Å². The monoisotopic (exact) mass is 1070 g/mol. The minimum atomic E-state index is -1.86. The maximum absolute atomic E-state index is 6.46. The van der Waals surface area contributed by atoms with Crippen LogP contribution < -0.4 is 4.40 Å². The van der Waals surface area contributed by atoms with E-state index < -0.39 is 13.3 Å². The maximum Gasteiger partial charge on any atom is 0.119 e. The van der Waals surface area contributed by atoms with Crippen LogP contribution in [0.4, 0.5) is 0 Å². The van der Waals surface area contributed by atoms with E-state index in [2.05, 4.69) is 167 Å². The average Bonchev–Trinajstić information content (AvgIpc) is 3.83. The Bertz CT molecular complexity index is 2970. The van der Waals surface area contributed by atoms with Gasteiger partial charge in [0.25, 0.3) is 0 Å². The van der Waals surface area contributed by atoms with Gasteiger partial charge in [0.1, 0.15) is 5.58 Å². The number of fused-ring (bicyclic) bond motifs is 4. The summed E-state index contributed by atoms with van der Waals surface area (Å²) in [7, 11) is 0. The van der Waals surface area contributed by atoms with Gasteiger partial charge in [0, 0.05) is 37.9 Å². The van der Waals surface area contributed by atoms with Crippen LogP contribution in [0.5, 0.6) is 0 Å². The molecule has 0 atom stereocenters. The summed E-state index contributed by atoms with van der Waals surface area (Å²) in [6, 6.07) is 47.1. The Morgan fingerprint density at radius 3 is 2.10 bits per heavy atom. The van der Waals surface area contributed by atoms with Crippen molar-refractivity contribution in [2.24, 2.45) is 5.92 Å². The second-order valence-electron chi connectivity index (χ2n) is 18.7. The summed E-state index contributed by atoms with van der Waals surface area (Å²) in [5, 5.41) is 1.05. The number of aryl methyl sites for hydroxylation is 1. The number of para-hydroxylation sites is 2. The van der Waals surface area contributed by atoms with Gasteiger partial charge < -0.3 is 8.98 Å². The van der Waals surface area contributed by atoms with Gasteiger partial charge in [-0.1, -0.05) is 94.4 Å². The molecule has 0 saturated heterocycles. The van der Waals surface area contributed by atoms with Crippen LogP contribution in [0.1, 0.15) is 81.2 Å². The predicted molar refractivity (Wildman–Crippen MR) is 263 cm³/mol. The third-order valence-electron chi connectivity index (χ3n) is 11.8. The molecule has 0 bridgehead atoms. The standard InChI is InChI=1S/C38H34N3O.C18H24GeN.Ir/c1-23(2)29-20-27(26-13-7-6-8-14-26)21-30(24(3)4)31(29)22-41-33-16-10-9-15-32(33)40-38(41)28-18-19-39-36-35-25(5)12-11-17-34(35)42-37(28)36;1-14(2)11-16-12-18(15-9-7-6-8-10-15)20-13-17(16)19(3,4)5;/h6-17,19-21,23-24H,22H2,1-5H3;6-9,12-14H,11H2,1-5H3;/q2*-1;. The third kappa shape index (κ3) is 9.70. The molecule has 0 aliphatic carbocycles. The van der Waals surface area contributed by atoms with Gasteiger partial charge in [-0.05, 0) is 76.5 Å². The van der Waals surface area contributed by atoms with Crippen molar-refractivity contribution in [3.8, 4) is 33.8 Å². The van der Waals surface area contributed by atoms with Crippen molar-refractivity contribution in [1.82, 2.24) is 19.5 Å². The molecule has 5 aromatic carbocycles. The maximum atomic E-state index is 6.46. The molecule has 0 unspecified atom stereocenters. The second-order valence-corrected chi connectivity index (χ2v) is 29.2. The van der Waals surface area contributed by atoms with E-state index in [1.807, 2.05) is 36.4 Å². The molecule has 0 N–H and O–H groups in total. The number of imidazole rings is 1. The van der Waals surface area contributed by atoms with Crippen LogP contribution >= 0.6 is 0 Å². The summed E-state index contributed by atoms with van der Waals surface area (Å²) in [5.74, 6) is 9.55. The van der Waals surface area contributed by atoms with Gasteiger partial charge in [0.05, 0.1) is 22.1 Å². The molecule has 4 aromatic heterocycles. The molecule has 0 fully saturated rings. The Kier molecular flexibility index (Phi) is 14.1. The molecule has 9 rings (SSSR count). The minimum absolute atomic E-state index is 0. The molecular weight excluding hydrogens is 1010 g/mol. The molecule has 0 aliphatic rings. The van der Waals surface area contributed by atoms with Crippen molar-refractivity contribution in [3.05, 3.63) is 168 Å². The SMILES string of the molecule is CC(C)Cc1cc(-c2[c-]cccc2)nc[c]1[Ge]([CH3])([CH3])[CH3].Cc1cccc2oc3c(-c4nc5ccccc5n4Cc4c(C(C)C)cc(-c5ccccc5)cc4C(C)C)[c-]cnc3c12.[Ir]. The summed E-state index contributed by atoms with van der Waals surface area (Å²) >= 11 is -1.86. The molecule has 323 valence electrons. The van der Waals surface area contributed by atoms with Gasteiger partial charge in [-0.2, -0.15) is 0 Å². The molecule has 0 amide bonds. The smallest absolute Gasteiger partial charge is 0.119 e. The zero-order chi connectivity index (χ0) is 43.7. The van der Waals surface area contributed by atoms with Gasteiger partial charge in [-0.25, -0.2) is 0 Å². The van der Waals surface area contributed by atoms with Gasteiger partial charge in [-0.15, -0.1) is 11.6 Å². The zero-order valence-electron chi connectivity index (χ0n) is 38.3. The summed E-state index contributed by atoms with van der Waals surface area (Å²) in [4.78, 5) is 14.6. The molecule has 5 nitrogen and oxygen atoms in total. The van der Waals surface area contributed by atoms with Crippen LogP contribution in [0, 0.1) is 25.0 Å². The molecule has 0 saturated carbocycles. The van der Waals surface area contributed by atoms with Crippen LogP contribution in [0.3, 0.4) is 0 Å². The number of rotatable bonds is 10. The molecule has 63 heavy (non-hydrogen) atoms. The van der Waals surface area contributed by atoms with Crippen molar-refractivity contribution >= 4 is 50.8 Å². The Morgan fingerprint density at radius 1 is 0.730 bits per heavy atom. The number of hydrogen-bond donors (Lipinski definition) is 0. The van der Waals surface area contributed by atoms with Crippen molar-refractivity contribution < 1.29 is 24.5 Å². The minimum Gasteiger partial charge on any atom is -0.513 e. The topological polar surface area (TPSA) is 56.7 Å². The van der Waals surface area contributed by atoms with Crippen LogP contribution in [0.2, 0.25) is 17.3 Å². The van der Waals surface area contributed by atoms with E-state index >= 15 is 0 Å².